The lowest BCUT2D eigenvalue weighted by molar-refractivity contribution is 0.701. The van der Waals surface area contributed by atoms with Crippen LogP contribution >= 0.6 is 0 Å². The molecule has 3 nitrogen and oxygen atoms in total. The molecule has 0 saturated carbocycles. The Morgan fingerprint density at radius 1 is 1.38 bits per heavy atom. The van der Waals surface area contributed by atoms with Crippen LogP contribution in [0.15, 0.2) is 18.6 Å². The standard InChI is InChI=1S/C10H17N3/c1-3-4-5-8-13(2)10-6-7-11-9-12-10/h6-7,9H,3-5,8H2,1-2H3. The minimum absolute atomic E-state index is 1.01. The van der Waals surface area contributed by atoms with E-state index in [1.807, 2.05) is 6.07 Å². The molecule has 13 heavy (non-hydrogen) atoms. The number of hydrogen-bond donors (Lipinski definition) is 0. The van der Waals surface area contributed by atoms with Gasteiger partial charge in [0.2, 0.25) is 0 Å². The molecule has 1 aromatic heterocycles. The second kappa shape index (κ2) is 5.51. The number of hydrogen-bond acceptors (Lipinski definition) is 3. The van der Waals surface area contributed by atoms with Crippen molar-refractivity contribution in [1.29, 1.82) is 0 Å². The highest BCUT2D eigenvalue weighted by molar-refractivity contribution is 5.34. The van der Waals surface area contributed by atoms with E-state index in [0.29, 0.717) is 0 Å². The van der Waals surface area contributed by atoms with Crippen molar-refractivity contribution in [3.8, 4) is 0 Å². The molecule has 1 heterocycles. The zero-order valence-corrected chi connectivity index (χ0v) is 8.40. The summed E-state index contributed by atoms with van der Waals surface area (Å²) in [5.41, 5.74) is 0. The Morgan fingerprint density at radius 3 is 2.85 bits per heavy atom. The van der Waals surface area contributed by atoms with Crippen LogP contribution in [0.5, 0.6) is 0 Å². The van der Waals surface area contributed by atoms with Crippen molar-refractivity contribution >= 4 is 5.82 Å². The maximum atomic E-state index is 4.17. The topological polar surface area (TPSA) is 29.0 Å². The molecule has 0 aliphatic heterocycles. The van der Waals surface area contributed by atoms with Crippen molar-refractivity contribution in [2.75, 3.05) is 18.5 Å². The quantitative estimate of drug-likeness (QED) is 0.648. The van der Waals surface area contributed by atoms with Crippen molar-refractivity contribution in [2.45, 2.75) is 26.2 Å². The van der Waals surface area contributed by atoms with Crippen molar-refractivity contribution < 1.29 is 0 Å². The SMILES string of the molecule is CCCCCN(C)c1ccncn1. The summed E-state index contributed by atoms with van der Waals surface area (Å²) in [5.74, 6) is 1.01. The first-order valence-electron chi connectivity index (χ1n) is 4.81. The Morgan fingerprint density at radius 2 is 2.23 bits per heavy atom. The lowest BCUT2D eigenvalue weighted by Crippen LogP contribution is -2.19. The van der Waals surface area contributed by atoms with Gasteiger partial charge in [-0.25, -0.2) is 9.97 Å². The van der Waals surface area contributed by atoms with Crippen LogP contribution in [-0.2, 0) is 0 Å². The Labute approximate surface area is 79.8 Å². The third-order valence-corrected chi connectivity index (χ3v) is 2.05. The number of aromatic nitrogens is 2. The summed E-state index contributed by atoms with van der Waals surface area (Å²) in [6.07, 6.45) is 7.15. The van der Waals surface area contributed by atoms with Crippen LogP contribution in [0.4, 0.5) is 5.82 Å². The molecule has 0 amide bonds. The average molecular weight is 179 g/mol. The highest BCUT2D eigenvalue weighted by atomic mass is 15.2. The molecule has 3 heteroatoms. The van der Waals surface area contributed by atoms with E-state index in [1.54, 1.807) is 12.5 Å². The van der Waals surface area contributed by atoms with Gasteiger partial charge < -0.3 is 4.90 Å². The average Bonchev–Trinajstić information content (AvgIpc) is 2.19. The third-order valence-electron chi connectivity index (χ3n) is 2.05. The van der Waals surface area contributed by atoms with Crippen LogP contribution in [0.2, 0.25) is 0 Å². The van der Waals surface area contributed by atoms with E-state index in [0.717, 1.165) is 12.4 Å². The van der Waals surface area contributed by atoms with Gasteiger partial charge in [-0.05, 0) is 12.5 Å². The lowest BCUT2D eigenvalue weighted by atomic mass is 10.2. The van der Waals surface area contributed by atoms with Crippen LogP contribution in [0.25, 0.3) is 0 Å². The van der Waals surface area contributed by atoms with Crippen molar-refractivity contribution in [2.24, 2.45) is 0 Å². The molecular weight excluding hydrogens is 162 g/mol. The summed E-state index contributed by atoms with van der Waals surface area (Å²) in [6, 6.07) is 1.94. The monoisotopic (exact) mass is 179 g/mol. The van der Waals surface area contributed by atoms with Crippen LogP contribution in [0.3, 0.4) is 0 Å². The van der Waals surface area contributed by atoms with Crippen molar-refractivity contribution in [3.63, 3.8) is 0 Å². The molecule has 0 aromatic carbocycles. The molecule has 0 aliphatic carbocycles. The first-order valence-corrected chi connectivity index (χ1v) is 4.81. The predicted molar refractivity (Wildman–Crippen MR) is 54.8 cm³/mol. The molecule has 72 valence electrons. The first kappa shape index (κ1) is 9.96. The molecule has 0 saturated heterocycles. The second-order valence-electron chi connectivity index (χ2n) is 3.20. The van der Waals surface area contributed by atoms with Crippen LogP contribution < -0.4 is 4.90 Å². The summed E-state index contributed by atoms with van der Waals surface area (Å²) < 4.78 is 0. The lowest BCUT2D eigenvalue weighted by Gasteiger charge is -2.16. The van der Waals surface area contributed by atoms with E-state index in [1.165, 1.54) is 19.3 Å². The minimum atomic E-state index is 1.01. The van der Waals surface area contributed by atoms with Gasteiger partial charge in [-0.1, -0.05) is 19.8 Å². The fourth-order valence-corrected chi connectivity index (χ4v) is 1.22. The van der Waals surface area contributed by atoms with Gasteiger partial charge in [-0.3, -0.25) is 0 Å². The highest BCUT2D eigenvalue weighted by Gasteiger charge is 1.99. The zero-order chi connectivity index (χ0) is 9.52. The number of unbranched alkanes of at least 4 members (excludes halogenated alkanes) is 2. The molecule has 1 rings (SSSR count). The molecule has 0 aliphatic rings. The smallest absolute Gasteiger partial charge is 0.131 e. The van der Waals surface area contributed by atoms with Crippen molar-refractivity contribution in [1.82, 2.24) is 9.97 Å². The van der Waals surface area contributed by atoms with Crippen LogP contribution in [0.1, 0.15) is 26.2 Å². The van der Waals surface area contributed by atoms with E-state index in [2.05, 4.69) is 28.8 Å². The number of anilines is 1. The fourth-order valence-electron chi connectivity index (χ4n) is 1.22. The minimum Gasteiger partial charge on any atom is -0.360 e. The second-order valence-corrected chi connectivity index (χ2v) is 3.20. The van der Waals surface area contributed by atoms with Gasteiger partial charge in [0.1, 0.15) is 12.1 Å². The molecule has 0 unspecified atom stereocenters. The van der Waals surface area contributed by atoms with E-state index in [-0.39, 0.29) is 0 Å². The predicted octanol–water partition coefficient (Wildman–Crippen LogP) is 2.10. The van der Waals surface area contributed by atoms with Gasteiger partial charge in [-0.2, -0.15) is 0 Å². The summed E-state index contributed by atoms with van der Waals surface area (Å²) >= 11 is 0. The largest absolute Gasteiger partial charge is 0.360 e. The van der Waals surface area contributed by atoms with E-state index >= 15 is 0 Å². The molecular formula is C10H17N3. The molecule has 0 atom stereocenters. The van der Waals surface area contributed by atoms with Gasteiger partial charge in [-0.15, -0.1) is 0 Å². The number of nitrogens with zero attached hydrogens (tertiary/aromatic N) is 3. The third kappa shape index (κ3) is 3.40. The number of rotatable bonds is 5. The summed E-state index contributed by atoms with van der Waals surface area (Å²) in [5, 5.41) is 0. The van der Waals surface area contributed by atoms with Gasteiger partial charge in [0, 0.05) is 19.8 Å². The Hall–Kier alpha value is -1.12. The molecule has 0 N–H and O–H groups in total. The molecule has 0 spiro atoms. The van der Waals surface area contributed by atoms with Crippen LogP contribution in [-0.4, -0.2) is 23.6 Å². The Balaban J connectivity index is 2.35. The fraction of sp³-hybridized carbons (Fsp3) is 0.600. The Bertz CT molecular complexity index is 223. The van der Waals surface area contributed by atoms with Gasteiger partial charge >= 0.3 is 0 Å². The van der Waals surface area contributed by atoms with E-state index in [9.17, 15) is 0 Å². The molecule has 0 bridgehead atoms. The van der Waals surface area contributed by atoms with Gasteiger partial charge in [0.15, 0.2) is 0 Å². The summed E-state index contributed by atoms with van der Waals surface area (Å²) in [7, 11) is 2.07. The normalized spacial score (nSPS) is 10.0. The van der Waals surface area contributed by atoms with E-state index < -0.39 is 0 Å². The van der Waals surface area contributed by atoms with E-state index in [4.69, 9.17) is 0 Å². The molecule has 0 radical (unpaired) electrons. The summed E-state index contributed by atoms with van der Waals surface area (Å²) in [6.45, 7) is 3.29. The molecule has 1 aromatic rings. The summed E-state index contributed by atoms with van der Waals surface area (Å²) in [4.78, 5) is 10.2. The Kier molecular flexibility index (Phi) is 4.23. The van der Waals surface area contributed by atoms with Gasteiger partial charge in [0.05, 0.1) is 0 Å². The highest BCUT2D eigenvalue weighted by Crippen LogP contribution is 2.06. The molecule has 0 fully saturated rings. The van der Waals surface area contributed by atoms with Gasteiger partial charge in [0.25, 0.3) is 0 Å². The maximum Gasteiger partial charge on any atom is 0.131 e. The van der Waals surface area contributed by atoms with Crippen LogP contribution in [0, 0.1) is 0 Å². The maximum absolute atomic E-state index is 4.17. The first-order chi connectivity index (χ1) is 6.34. The zero-order valence-electron chi connectivity index (χ0n) is 8.40. The van der Waals surface area contributed by atoms with Crippen molar-refractivity contribution in [3.05, 3.63) is 18.6 Å².